The smallest absolute Gasteiger partial charge is 0.127 e. The van der Waals surface area contributed by atoms with Crippen molar-refractivity contribution in [3.8, 4) is 0 Å². The summed E-state index contributed by atoms with van der Waals surface area (Å²) in [5.74, 6) is -0.201. The molecule has 2 N–H and O–H groups in total. The van der Waals surface area contributed by atoms with Gasteiger partial charge >= 0.3 is 0 Å². The normalized spacial score (nSPS) is 12.4. The third-order valence-corrected chi connectivity index (χ3v) is 2.85. The van der Waals surface area contributed by atoms with Crippen molar-refractivity contribution in [1.82, 2.24) is 0 Å². The van der Waals surface area contributed by atoms with Crippen LogP contribution in [0.15, 0.2) is 48.5 Å². The van der Waals surface area contributed by atoms with Gasteiger partial charge in [0.1, 0.15) is 5.82 Å². The molecule has 0 aromatic heterocycles. The highest BCUT2D eigenvalue weighted by Gasteiger charge is 2.07. The van der Waals surface area contributed by atoms with E-state index < -0.39 is 0 Å². The van der Waals surface area contributed by atoms with Crippen LogP contribution in [0, 0.1) is 11.9 Å². The Morgan fingerprint density at radius 3 is 2.65 bits per heavy atom. The van der Waals surface area contributed by atoms with E-state index in [2.05, 4.69) is 6.07 Å². The molecular formula is C15H15FN. The Kier molecular flexibility index (Phi) is 3.89. The van der Waals surface area contributed by atoms with Gasteiger partial charge in [0, 0.05) is 6.04 Å². The van der Waals surface area contributed by atoms with E-state index in [4.69, 9.17) is 5.73 Å². The fraction of sp³-hybridized carbons (Fsp3) is 0.200. The Bertz CT molecular complexity index is 467. The second-order valence-electron chi connectivity index (χ2n) is 4.07. The molecule has 2 aromatic carbocycles. The summed E-state index contributed by atoms with van der Waals surface area (Å²) in [6, 6.07) is 17.4. The third-order valence-electron chi connectivity index (χ3n) is 2.85. The van der Waals surface area contributed by atoms with Crippen molar-refractivity contribution in [3.05, 3.63) is 71.5 Å². The van der Waals surface area contributed by atoms with Crippen LogP contribution in [0.5, 0.6) is 0 Å². The molecule has 0 aliphatic rings. The molecule has 0 bridgehead atoms. The summed E-state index contributed by atoms with van der Waals surface area (Å²) in [5.41, 5.74) is 7.86. The lowest BCUT2D eigenvalue weighted by atomic mass is 10.00. The molecule has 0 aliphatic heterocycles. The van der Waals surface area contributed by atoms with Crippen LogP contribution in [0.4, 0.5) is 4.39 Å². The molecule has 0 fully saturated rings. The third kappa shape index (κ3) is 3.14. The summed E-state index contributed by atoms with van der Waals surface area (Å²) in [6.07, 6.45) is 1.39. The van der Waals surface area contributed by atoms with E-state index in [1.54, 1.807) is 12.1 Å². The second kappa shape index (κ2) is 5.60. The molecular weight excluding hydrogens is 213 g/mol. The molecule has 0 amide bonds. The van der Waals surface area contributed by atoms with Gasteiger partial charge in [-0.05, 0) is 36.1 Å². The molecule has 0 saturated carbocycles. The first-order valence-corrected chi connectivity index (χ1v) is 5.72. The summed E-state index contributed by atoms with van der Waals surface area (Å²) >= 11 is 0. The van der Waals surface area contributed by atoms with Gasteiger partial charge in [0.15, 0.2) is 0 Å². The number of hydrogen-bond acceptors (Lipinski definition) is 1. The number of rotatable bonds is 4. The molecule has 2 rings (SSSR count). The minimum Gasteiger partial charge on any atom is -0.324 e. The van der Waals surface area contributed by atoms with Gasteiger partial charge in [0.25, 0.3) is 0 Å². The molecule has 2 heteroatoms. The summed E-state index contributed by atoms with van der Waals surface area (Å²) in [4.78, 5) is 0. The topological polar surface area (TPSA) is 26.0 Å². The fourth-order valence-electron chi connectivity index (χ4n) is 1.82. The summed E-state index contributed by atoms with van der Waals surface area (Å²) < 4.78 is 13.4. The van der Waals surface area contributed by atoms with E-state index in [0.717, 1.165) is 12.0 Å². The van der Waals surface area contributed by atoms with E-state index >= 15 is 0 Å². The Balaban J connectivity index is 1.97. The van der Waals surface area contributed by atoms with Crippen molar-refractivity contribution in [2.24, 2.45) is 5.73 Å². The van der Waals surface area contributed by atoms with Gasteiger partial charge in [-0.3, -0.25) is 0 Å². The SMILES string of the molecule is N[C@H](CCc1cc[c]cc1F)c1ccccc1. The molecule has 17 heavy (non-hydrogen) atoms. The predicted molar refractivity (Wildman–Crippen MR) is 66.9 cm³/mol. The van der Waals surface area contributed by atoms with Gasteiger partial charge in [-0.25, -0.2) is 4.39 Å². The van der Waals surface area contributed by atoms with E-state index in [9.17, 15) is 4.39 Å². The number of nitrogens with two attached hydrogens (primary N) is 1. The van der Waals surface area contributed by atoms with E-state index in [-0.39, 0.29) is 11.9 Å². The Labute approximate surface area is 101 Å². The van der Waals surface area contributed by atoms with Crippen LogP contribution in [0.2, 0.25) is 0 Å². The summed E-state index contributed by atoms with van der Waals surface area (Å²) in [7, 11) is 0. The number of benzene rings is 2. The molecule has 2 aromatic rings. The number of aryl methyl sites for hydroxylation is 1. The predicted octanol–water partition coefficient (Wildman–Crippen LogP) is 3.26. The quantitative estimate of drug-likeness (QED) is 0.854. The highest BCUT2D eigenvalue weighted by molar-refractivity contribution is 5.20. The van der Waals surface area contributed by atoms with Crippen molar-refractivity contribution < 1.29 is 4.39 Å². The highest BCUT2D eigenvalue weighted by atomic mass is 19.1. The Morgan fingerprint density at radius 1 is 1.18 bits per heavy atom. The van der Waals surface area contributed by atoms with Crippen LogP contribution in [0.25, 0.3) is 0 Å². The van der Waals surface area contributed by atoms with Gasteiger partial charge in [0.05, 0.1) is 0 Å². The van der Waals surface area contributed by atoms with Crippen molar-refractivity contribution in [2.45, 2.75) is 18.9 Å². The van der Waals surface area contributed by atoms with Crippen LogP contribution >= 0.6 is 0 Å². The van der Waals surface area contributed by atoms with Crippen molar-refractivity contribution in [2.75, 3.05) is 0 Å². The standard InChI is InChI=1S/C15H15FN/c16-14-9-5-4-6-12(14)10-11-15(17)13-7-2-1-3-8-13/h1-4,6-9,15H,10-11,17H2/t15-/m1/s1. The number of halogens is 1. The molecule has 0 spiro atoms. The zero-order valence-corrected chi connectivity index (χ0v) is 9.57. The van der Waals surface area contributed by atoms with Crippen LogP contribution in [-0.2, 0) is 6.42 Å². The average Bonchev–Trinajstić information content (AvgIpc) is 2.38. The lowest BCUT2D eigenvalue weighted by Gasteiger charge is -2.12. The average molecular weight is 228 g/mol. The fourth-order valence-corrected chi connectivity index (χ4v) is 1.82. The van der Waals surface area contributed by atoms with Gasteiger partial charge in [-0.15, -0.1) is 0 Å². The molecule has 1 atom stereocenters. The molecule has 87 valence electrons. The zero-order valence-electron chi connectivity index (χ0n) is 9.57. The molecule has 0 aliphatic carbocycles. The zero-order chi connectivity index (χ0) is 12.1. The highest BCUT2D eigenvalue weighted by Crippen LogP contribution is 2.17. The van der Waals surface area contributed by atoms with E-state index in [1.807, 2.05) is 30.3 Å². The summed E-state index contributed by atoms with van der Waals surface area (Å²) in [5, 5.41) is 0. The van der Waals surface area contributed by atoms with E-state index in [1.165, 1.54) is 6.07 Å². The summed E-state index contributed by atoms with van der Waals surface area (Å²) in [6.45, 7) is 0. The maximum Gasteiger partial charge on any atom is 0.127 e. The maximum absolute atomic E-state index is 13.4. The first kappa shape index (κ1) is 11.8. The van der Waals surface area contributed by atoms with Crippen LogP contribution < -0.4 is 5.73 Å². The van der Waals surface area contributed by atoms with Crippen molar-refractivity contribution in [3.63, 3.8) is 0 Å². The van der Waals surface area contributed by atoms with Gasteiger partial charge in [-0.1, -0.05) is 42.5 Å². The van der Waals surface area contributed by atoms with Gasteiger partial charge in [0.2, 0.25) is 0 Å². The van der Waals surface area contributed by atoms with Crippen LogP contribution in [-0.4, -0.2) is 0 Å². The lowest BCUT2D eigenvalue weighted by molar-refractivity contribution is 0.586. The molecule has 1 nitrogen and oxygen atoms in total. The Morgan fingerprint density at radius 2 is 1.94 bits per heavy atom. The van der Waals surface area contributed by atoms with Crippen molar-refractivity contribution in [1.29, 1.82) is 0 Å². The first-order chi connectivity index (χ1) is 8.27. The van der Waals surface area contributed by atoms with Crippen LogP contribution in [0.3, 0.4) is 0 Å². The molecule has 1 radical (unpaired) electrons. The molecule has 0 unspecified atom stereocenters. The Hall–Kier alpha value is -1.67. The second-order valence-corrected chi connectivity index (χ2v) is 4.07. The maximum atomic E-state index is 13.4. The van der Waals surface area contributed by atoms with Crippen LogP contribution in [0.1, 0.15) is 23.6 Å². The van der Waals surface area contributed by atoms with Gasteiger partial charge in [-0.2, -0.15) is 0 Å². The van der Waals surface area contributed by atoms with Gasteiger partial charge < -0.3 is 5.73 Å². The minimum absolute atomic E-state index is 0.0419. The molecule has 0 heterocycles. The largest absolute Gasteiger partial charge is 0.324 e. The first-order valence-electron chi connectivity index (χ1n) is 5.72. The minimum atomic E-state index is -0.201. The molecule has 0 saturated heterocycles. The van der Waals surface area contributed by atoms with E-state index in [0.29, 0.717) is 12.0 Å². The monoisotopic (exact) mass is 228 g/mol. The van der Waals surface area contributed by atoms with Crippen molar-refractivity contribution >= 4 is 0 Å². The number of hydrogen-bond donors (Lipinski definition) is 1. The lowest BCUT2D eigenvalue weighted by Crippen LogP contribution is -2.11.